The number of nitrogens with two attached hydrogens (primary N) is 1. The molecule has 0 bridgehead atoms. The van der Waals surface area contributed by atoms with Gasteiger partial charge in [-0.1, -0.05) is 36.9 Å². The van der Waals surface area contributed by atoms with Gasteiger partial charge in [-0.15, -0.1) is 0 Å². The van der Waals surface area contributed by atoms with Crippen molar-refractivity contribution in [1.29, 1.82) is 5.41 Å². The molecule has 4 N–H and O–H groups in total. The maximum absolute atomic E-state index is 7.51. The summed E-state index contributed by atoms with van der Waals surface area (Å²) in [7, 11) is 0. The van der Waals surface area contributed by atoms with E-state index in [2.05, 4.69) is 11.9 Å². The largest absolute Gasteiger partial charge is 0.386 e. The Morgan fingerprint density at radius 1 is 1.33 bits per heavy atom. The second kappa shape index (κ2) is 3.57. The van der Waals surface area contributed by atoms with Crippen molar-refractivity contribution in [2.75, 3.05) is 0 Å². The van der Waals surface area contributed by atoms with Crippen molar-refractivity contribution in [3.05, 3.63) is 48.3 Å². The molecule has 0 amide bonds. The lowest BCUT2D eigenvalue weighted by atomic mass is 10.2. The van der Waals surface area contributed by atoms with E-state index in [1.807, 2.05) is 30.3 Å². The van der Waals surface area contributed by atoms with E-state index in [1.165, 1.54) is 0 Å². The van der Waals surface area contributed by atoms with Crippen LogP contribution in [0, 0.1) is 5.41 Å². The molecule has 1 aromatic carbocycles. The third-order valence-electron chi connectivity index (χ3n) is 1.35. The van der Waals surface area contributed by atoms with Gasteiger partial charge in [0.1, 0.15) is 5.84 Å². The highest BCUT2D eigenvalue weighted by Crippen LogP contribution is 1.97. The molecule has 0 aliphatic rings. The molecule has 0 radical (unpaired) electrons. The Kier molecular flexibility index (Phi) is 2.48. The maximum Gasteiger partial charge on any atom is 0.130 e. The second-order valence-corrected chi connectivity index (χ2v) is 2.39. The fourth-order valence-corrected chi connectivity index (χ4v) is 0.838. The number of hydrogen-bond acceptors (Lipinski definition) is 2. The highest BCUT2D eigenvalue weighted by Gasteiger charge is 1.97. The summed E-state index contributed by atoms with van der Waals surface area (Å²) in [5, 5.41) is 10.1. The van der Waals surface area contributed by atoms with E-state index in [-0.39, 0.29) is 11.7 Å². The van der Waals surface area contributed by atoms with E-state index in [9.17, 15) is 0 Å². The van der Waals surface area contributed by atoms with Crippen LogP contribution in [-0.4, -0.2) is 5.84 Å². The van der Waals surface area contributed by atoms with Crippen LogP contribution in [0.15, 0.2) is 42.7 Å². The SMILES string of the molecule is C=C(N)NC(=N)c1ccccc1. The lowest BCUT2D eigenvalue weighted by Crippen LogP contribution is -2.26. The average Bonchev–Trinajstić information content (AvgIpc) is 2.05. The first-order valence-corrected chi connectivity index (χ1v) is 3.55. The van der Waals surface area contributed by atoms with Crippen molar-refractivity contribution in [3.8, 4) is 0 Å². The fraction of sp³-hybridized carbons (Fsp3) is 0. The van der Waals surface area contributed by atoms with E-state index in [1.54, 1.807) is 0 Å². The highest BCUT2D eigenvalue weighted by atomic mass is 15.0. The van der Waals surface area contributed by atoms with E-state index in [0.29, 0.717) is 0 Å². The number of benzene rings is 1. The van der Waals surface area contributed by atoms with Gasteiger partial charge in [0.25, 0.3) is 0 Å². The molecule has 0 atom stereocenters. The molecule has 1 rings (SSSR count). The molecule has 0 aliphatic carbocycles. The number of nitrogens with one attached hydrogen (secondary N) is 2. The van der Waals surface area contributed by atoms with Crippen LogP contribution in [0.2, 0.25) is 0 Å². The summed E-state index contributed by atoms with van der Waals surface area (Å²) < 4.78 is 0. The first kappa shape index (κ1) is 8.33. The average molecular weight is 161 g/mol. The molecule has 0 saturated heterocycles. The zero-order chi connectivity index (χ0) is 8.97. The molecule has 0 saturated carbocycles. The van der Waals surface area contributed by atoms with Gasteiger partial charge in [-0.05, 0) is 0 Å². The zero-order valence-electron chi connectivity index (χ0n) is 6.67. The summed E-state index contributed by atoms with van der Waals surface area (Å²) in [6.07, 6.45) is 0. The quantitative estimate of drug-likeness (QED) is 0.448. The number of amidine groups is 1. The monoisotopic (exact) mass is 161 g/mol. The van der Waals surface area contributed by atoms with Gasteiger partial charge in [-0.2, -0.15) is 0 Å². The van der Waals surface area contributed by atoms with Crippen molar-refractivity contribution in [1.82, 2.24) is 5.32 Å². The fourth-order valence-electron chi connectivity index (χ4n) is 0.838. The summed E-state index contributed by atoms with van der Waals surface area (Å²) in [6.45, 7) is 3.45. The Hall–Kier alpha value is -1.77. The molecule has 0 aliphatic heterocycles. The first-order chi connectivity index (χ1) is 5.70. The maximum atomic E-state index is 7.51. The molecular formula is C9H11N3. The Bertz CT molecular complexity index is 290. The molecule has 0 fully saturated rings. The van der Waals surface area contributed by atoms with Crippen molar-refractivity contribution in [2.45, 2.75) is 0 Å². The lowest BCUT2D eigenvalue weighted by molar-refractivity contribution is 1.08. The summed E-state index contributed by atoms with van der Waals surface area (Å²) in [5.41, 5.74) is 6.08. The summed E-state index contributed by atoms with van der Waals surface area (Å²) in [5.74, 6) is 0.548. The molecule has 0 aromatic heterocycles. The second-order valence-electron chi connectivity index (χ2n) is 2.39. The minimum Gasteiger partial charge on any atom is -0.386 e. The predicted molar refractivity (Wildman–Crippen MR) is 49.7 cm³/mol. The van der Waals surface area contributed by atoms with Crippen LogP contribution in [0.4, 0.5) is 0 Å². The Morgan fingerprint density at radius 2 is 1.92 bits per heavy atom. The third-order valence-corrected chi connectivity index (χ3v) is 1.35. The smallest absolute Gasteiger partial charge is 0.130 e. The molecule has 3 heteroatoms. The Labute approximate surface area is 71.4 Å². The van der Waals surface area contributed by atoms with Crippen LogP contribution in [0.25, 0.3) is 0 Å². The molecule has 62 valence electrons. The van der Waals surface area contributed by atoms with Gasteiger partial charge in [0.2, 0.25) is 0 Å². The summed E-state index contributed by atoms with van der Waals surface area (Å²) in [6, 6.07) is 9.29. The van der Waals surface area contributed by atoms with Crippen LogP contribution >= 0.6 is 0 Å². The van der Waals surface area contributed by atoms with E-state index >= 15 is 0 Å². The molecule has 12 heavy (non-hydrogen) atoms. The van der Waals surface area contributed by atoms with Crippen LogP contribution in [0.1, 0.15) is 5.56 Å². The Morgan fingerprint density at radius 3 is 2.42 bits per heavy atom. The van der Waals surface area contributed by atoms with Crippen LogP contribution in [0.3, 0.4) is 0 Å². The van der Waals surface area contributed by atoms with Gasteiger partial charge in [0.05, 0.1) is 5.82 Å². The molecule has 0 spiro atoms. The summed E-state index contributed by atoms with van der Waals surface area (Å²) in [4.78, 5) is 0. The standard InChI is InChI=1S/C9H11N3/c1-7(10)12-9(11)8-5-3-2-4-6-8/h2-6H,1,10H2,(H2,11,12). The van der Waals surface area contributed by atoms with Gasteiger partial charge in [0, 0.05) is 5.56 Å². The first-order valence-electron chi connectivity index (χ1n) is 3.55. The molecule has 0 heterocycles. The molecular weight excluding hydrogens is 150 g/mol. The Balaban J connectivity index is 2.73. The van der Waals surface area contributed by atoms with Crippen LogP contribution in [-0.2, 0) is 0 Å². The molecule has 1 aromatic rings. The topological polar surface area (TPSA) is 61.9 Å². The number of hydrogen-bond donors (Lipinski definition) is 3. The molecule has 0 unspecified atom stereocenters. The van der Waals surface area contributed by atoms with Crippen molar-refractivity contribution in [2.24, 2.45) is 5.73 Å². The van der Waals surface area contributed by atoms with Gasteiger partial charge >= 0.3 is 0 Å². The van der Waals surface area contributed by atoms with Crippen molar-refractivity contribution >= 4 is 5.84 Å². The normalized spacial score (nSPS) is 9.00. The van der Waals surface area contributed by atoms with Crippen molar-refractivity contribution in [3.63, 3.8) is 0 Å². The number of rotatable bonds is 2. The van der Waals surface area contributed by atoms with E-state index in [4.69, 9.17) is 11.1 Å². The van der Waals surface area contributed by atoms with E-state index < -0.39 is 0 Å². The van der Waals surface area contributed by atoms with E-state index in [0.717, 1.165) is 5.56 Å². The molecule has 3 nitrogen and oxygen atoms in total. The minimum absolute atomic E-state index is 0.267. The lowest BCUT2D eigenvalue weighted by Gasteiger charge is -2.05. The van der Waals surface area contributed by atoms with Crippen molar-refractivity contribution < 1.29 is 0 Å². The third kappa shape index (κ3) is 2.12. The predicted octanol–water partition coefficient (Wildman–Crippen LogP) is 1.03. The highest BCUT2D eigenvalue weighted by molar-refractivity contribution is 5.97. The minimum atomic E-state index is 0.267. The van der Waals surface area contributed by atoms with Gasteiger partial charge in [0.15, 0.2) is 0 Å². The van der Waals surface area contributed by atoms with Gasteiger partial charge < -0.3 is 11.1 Å². The summed E-state index contributed by atoms with van der Waals surface area (Å²) >= 11 is 0. The van der Waals surface area contributed by atoms with Gasteiger partial charge in [-0.25, -0.2) is 0 Å². The van der Waals surface area contributed by atoms with Crippen LogP contribution < -0.4 is 11.1 Å². The zero-order valence-corrected chi connectivity index (χ0v) is 6.67. The van der Waals surface area contributed by atoms with Crippen LogP contribution in [0.5, 0.6) is 0 Å². The van der Waals surface area contributed by atoms with Gasteiger partial charge in [-0.3, -0.25) is 5.41 Å².